The topological polar surface area (TPSA) is 12.0 Å². The van der Waals surface area contributed by atoms with Crippen LogP contribution in [0.25, 0.3) is 0 Å². The van der Waals surface area contributed by atoms with Crippen LogP contribution in [0.15, 0.2) is 18.2 Å². The summed E-state index contributed by atoms with van der Waals surface area (Å²) in [5, 5.41) is 3.21. The van der Waals surface area contributed by atoms with Gasteiger partial charge >= 0.3 is 0 Å². The highest BCUT2D eigenvalue weighted by atomic mass is 32.2. The molecular formula is C13H19F2NS. The van der Waals surface area contributed by atoms with Crippen LogP contribution in [0, 0.1) is 11.6 Å². The molecule has 0 aliphatic carbocycles. The van der Waals surface area contributed by atoms with Gasteiger partial charge in [-0.25, -0.2) is 8.78 Å². The molecular weight excluding hydrogens is 240 g/mol. The minimum absolute atomic E-state index is 0.153. The summed E-state index contributed by atoms with van der Waals surface area (Å²) in [4.78, 5) is 0. The molecule has 0 amide bonds. The predicted molar refractivity (Wildman–Crippen MR) is 70.4 cm³/mol. The Hall–Kier alpha value is -0.610. The van der Waals surface area contributed by atoms with Crippen LogP contribution in [0.2, 0.25) is 0 Å². The molecule has 1 N–H and O–H groups in total. The highest BCUT2D eigenvalue weighted by Crippen LogP contribution is 2.18. The van der Waals surface area contributed by atoms with Crippen molar-refractivity contribution in [2.24, 2.45) is 0 Å². The Labute approximate surface area is 106 Å². The molecule has 0 radical (unpaired) electrons. The van der Waals surface area contributed by atoms with Gasteiger partial charge in [-0.1, -0.05) is 12.1 Å². The van der Waals surface area contributed by atoms with E-state index in [1.54, 1.807) is 12.1 Å². The standard InChI is InChI=1S/C13H19F2NS/c1-10(16-8-3-4-9-17-2)11-6-5-7-12(14)13(11)15/h5-7,10,16H,3-4,8-9H2,1-2H3. The Balaban J connectivity index is 2.41. The summed E-state index contributed by atoms with van der Waals surface area (Å²) in [7, 11) is 0. The first-order valence-electron chi connectivity index (χ1n) is 5.83. The van der Waals surface area contributed by atoms with Crippen LogP contribution in [0.4, 0.5) is 8.78 Å². The van der Waals surface area contributed by atoms with Crippen LogP contribution in [-0.4, -0.2) is 18.6 Å². The van der Waals surface area contributed by atoms with E-state index in [1.165, 1.54) is 0 Å². The summed E-state index contributed by atoms with van der Waals surface area (Å²) in [6.07, 6.45) is 4.28. The lowest BCUT2D eigenvalue weighted by Crippen LogP contribution is -2.21. The van der Waals surface area contributed by atoms with Gasteiger partial charge < -0.3 is 5.32 Å². The smallest absolute Gasteiger partial charge is 0.163 e. The van der Waals surface area contributed by atoms with E-state index >= 15 is 0 Å². The summed E-state index contributed by atoms with van der Waals surface area (Å²) in [5.74, 6) is -0.375. The van der Waals surface area contributed by atoms with Crippen molar-refractivity contribution in [3.05, 3.63) is 35.4 Å². The Morgan fingerprint density at radius 1 is 1.29 bits per heavy atom. The van der Waals surface area contributed by atoms with Crippen molar-refractivity contribution in [2.45, 2.75) is 25.8 Å². The first-order chi connectivity index (χ1) is 8.16. The van der Waals surface area contributed by atoms with Gasteiger partial charge in [0.1, 0.15) is 0 Å². The van der Waals surface area contributed by atoms with Crippen LogP contribution >= 0.6 is 11.8 Å². The van der Waals surface area contributed by atoms with E-state index in [9.17, 15) is 8.78 Å². The van der Waals surface area contributed by atoms with Gasteiger partial charge in [0.2, 0.25) is 0 Å². The first kappa shape index (κ1) is 14.5. The number of halogens is 2. The molecule has 17 heavy (non-hydrogen) atoms. The molecule has 1 nitrogen and oxygen atoms in total. The number of benzene rings is 1. The molecule has 0 saturated heterocycles. The molecule has 1 atom stereocenters. The Bertz CT molecular complexity index is 344. The number of hydrogen-bond acceptors (Lipinski definition) is 2. The molecule has 0 aromatic heterocycles. The molecule has 4 heteroatoms. The van der Waals surface area contributed by atoms with Crippen LogP contribution in [-0.2, 0) is 0 Å². The largest absolute Gasteiger partial charge is 0.310 e. The fourth-order valence-electron chi connectivity index (χ4n) is 1.65. The van der Waals surface area contributed by atoms with E-state index < -0.39 is 11.6 Å². The van der Waals surface area contributed by atoms with Gasteiger partial charge in [0.05, 0.1) is 0 Å². The molecule has 0 saturated carbocycles. The second kappa shape index (κ2) is 7.67. The van der Waals surface area contributed by atoms with Gasteiger partial charge in [-0.05, 0) is 44.4 Å². The minimum atomic E-state index is -0.779. The number of hydrogen-bond donors (Lipinski definition) is 1. The van der Waals surface area contributed by atoms with E-state index in [0.717, 1.165) is 31.2 Å². The van der Waals surface area contributed by atoms with Gasteiger partial charge in [0, 0.05) is 11.6 Å². The normalized spacial score (nSPS) is 12.7. The lowest BCUT2D eigenvalue weighted by molar-refractivity contribution is 0.471. The molecule has 0 fully saturated rings. The van der Waals surface area contributed by atoms with E-state index in [-0.39, 0.29) is 6.04 Å². The quantitative estimate of drug-likeness (QED) is 0.748. The van der Waals surface area contributed by atoms with Gasteiger partial charge in [0.15, 0.2) is 11.6 Å². The van der Waals surface area contributed by atoms with Crippen molar-refractivity contribution in [1.29, 1.82) is 0 Å². The Morgan fingerprint density at radius 3 is 2.76 bits per heavy atom. The zero-order chi connectivity index (χ0) is 12.7. The number of thioether (sulfide) groups is 1. The van der Waals surface area contributed by atoms with E-state index in [1.807, 2.05) is 18.7 Å². The van der Waals surface area contributed by atoms with Gasteiger partial charge in [-0.15, -0.1) is 0 Å². The number of nitrogens with one attached hydrogen (secondary N) is 1. The average Bonchev–Trinajstić information content (AvgIpc) is 2.32. The van der Waals surface area contributed by atoms with E-state index in [0.29, 0.717) is 5.56 Å². The van der Waals surface area contributed by atoms with Crippen LogP contribution in [0.5, 0.6) is 0 Å². The zero-order valence-corrected chi connectivity index (χ0v) is 11.1. The summed E-state index contributed by atoms with van der Waals surface area (Å²) in [6, 6.07) is 4.15. The van der Waals surface area contributed by atoms with Gasteiger partial charge in [-0.3, -0.25) is 0 Å². The molecule has 1 rings (SSSR count). The van der Waals surface area contributed by atoms with Gasteiger partial charge in [0.25, 0.3) is 0 Å². The third kappa shape index (κ3) is 4.64. The van der Waals surface area contributed by atoms with Crippen LogP contribution < -0.4 is 5.32 Å². The fraction of sp³-hybridized carbons (Fsp3) is 0.538. The summed E-state index contributed by atoms with van der Waals surface area (Å²) >= 11 is 1.82. The maximum Gasteiger partial charge on any atom is 0.163 e. The maximum atomic E-state index is 13.5. The molecule has 1 aromatic rings. The summed E-state index contributed by atoms with van der Waals surface area (Å²) in [5.41, 5.74) is 0.398. The van der Waals surface area contributed by atoms with E-state index in [4.69, 9.17) is 0 Å². The number of unbranched alkanes of at least 4 members (excludes halogenated alkanes) is 1. The Morgan fingerprint density at radius 2 is 2.06 bits per heavy atom. The van der Waals surface area contributed by atoms with Crippen molar-refractivity contribution in [2.75, 3.05) is 18.6 Å². The molecule has 0 spiro atoms. The molecule has 96 valence electrons. The van der Waals surface area contributed by atoms with Crippen molar-refractivity contribution in [3.63, 3.8) is 0 Å². The van der Waals surface area contributed by atoms with Crippen molar-refractivity contribution >= 4 is 11.8 Å². The first-order valence-corrected chi connectivity index (χ1v) is 7.22. The van der Waals surface area contributed by atoms with Gasteiger partial charge in [-0.2, -0.15) is 11.8 Å². The summed E-state index contributed by atoms with van der Waals surface area (Å²) < 4.78 is 26.5. The fourth-order valence-corrected chi connectivity index (χ4v) is 2.15. The van der Waals surface area contributed by atoms with Crippen molar-refractivity contribution in [3.8, 4) is 0 Å². The lowest BCUT2D eigenvalue weighted by Gasteiger charge is -2.15. The molecule has 0 aliphatic rings. The maximum absolute atomic E-state index is 13.5. The Kier molecular flexibility index (Phi) is 6.52. The monoisotopic (exact) mass is 259 g/mol. The highest BCUT2D eigenvalue weighted by Gasteiger charge is 2.13. The highest BCUT2D eigenvalue weighted by molar-refractivity contribution is 7.98. The molecule has 0 aliphatic heterocycles. The third-order valence-electron chi connectivity index (χ3n) is 2.67. The lowest BCUT2D eigenvalue weighted by atomic mass is 10.1. The minimum Gasteiger partial charge on any atom is -0.310 e. The molecule has 0 heterocycles. The van der Waals surface area contributed by atoms with Crippen molar-refractivity contribution < 1.29 is 8.78 Å². The zero-order valence-electron chi connectivity index (χ0n) is 10.3. The van der Waals surface area contributed by atoms with Crippen LogP contribution in [0.1, 0.15) is 31.4 Å². The summed E-state index contributed by atoms with van der Waals surface area (Å²) in [6.45, 7) is 2.68. The SMILES string of the molecule is CSCCCCNC(C)c1cccc(F)c1F. The number of rotatable bonds is 7. The molecule has 1 aromatic carbocycles. The van der Waals surface area contributed by atoms with Crippen molar-refractivity contribution in [1.82, 2.24) is 5.32 Å². The second-order valence-electron chi connectivity index (χ2n) is 4.02. The third-order valence-corrected chi connectivity index (χ3v) is 3.37. The average molecular weight is 259 g/mol. The molecule has 1 unspecified atom stereocenters. The molecule has 0 bridgehead atoms. The van der Waals surface area contributed by atoms with Crippen LogP contribution in [0.3, 0.4) is 0 Å². The predicted octanol–water partition coefficient (Wildman–Crippen LogP) is 3.76. The second-order valence-corrected chi connectivity index (χ2v) is 5.00. The van der Waals surface area contributed by atoms with E-state index in [2.05, 4.69) is 11.6 Å².